The van der Waals surface area contributed by atoms with Crippen molar-refractivity contribution in [1.82, 2.24) is 20.0 Å². The number of nitrogens with zero attached hydrogens (tertiary/aromatic N) is 4. The minimum Gasteiger partial charge on any atom is -0.391 e. The van der Waals surface area contributed by atoms with Crippen LogP contribution in [0.3, 0.4) is 0 Å². The lowest BCUT2D eigenvalue weighted by molar-refractivity contribution is -0.121. The van der Waals surface area contributed by atoms with Crippen molar-refractivity contribution in [3.05, 3.63) is 35.2 Å². The number of carbonyl (C=O) groups excluding carboxylic acids is 1. The Hall–Kier alpha value is -2.52. The van der Waals surface area contributed by atoms with Gasteiger partial charge in [0.05, 0.1) is 25.3 Å². The fourth-order valence-electron chi connectivity index (χ4n) is 4.82. The number of fused-ring (bicyclic) bond motifs is 1. The Kier molecular flexibility index (Phi) is 12.0. The summed E-state index contributed by atoms with van der Waals surface area (Å²) in [6.45, 7) is 7.78. The van der Waals surface area contributed by atoms with Crippen LogP contribution < -0.4 is 5.32 Å². The highest BCUT2D eigenvalue weighted by atomic mass is 19.1. The summed E-state index contributed by atoms with van der Waals surface area (Å²) in [6, 6.07) is 0.281. The first kappa shape index (κ1) is 30.7. The third-order valence-electron chi connectivity index (χ3n) is 7.09. The van der Waals surface area contributed by atoms with Crippen molar-refractivity contribution in [2.45, 2.75) is 64.8 Å². The van der Waals surface area contributed by atoms with E-state index in [1.165, 1.54) is 4.90 Å². The number of hydrogen-bond acceptors (Lipinski definition) is 7. The van der Waals surface area contributed by atoms with E-state index >= 15 is 0 Å². The number of allylic oxidation sites excluding steroid dienone is 2. The van der Waals surface area contributed by atoms with E-state index in [1.807, 2.05) is 13.8 Å². The van der Waals surface area contributed by atoms with Crippen LogP contribution in [0, 0.1) is 11.3 Å². The molecule has 2 heterocycles. The molecule has 0 aromatic rings. The molecule has 1 amide bonds. The van der Waals surface area contributed by atoms with Gasteiger partial charge in [-0.2, -0.15) is 0 Å². The van der Waals surface area contributed by atoms with Crippen molar-refractivity contribution < 1.29 is 13.9 Å². The molecule has 0 saturated heterocycles. The summed E-state index contributed by atoms with van der Waals surface area (Å²) in [4.78, 5) is 22.9. The average molecular weight is 519 g/mol. The second-order valence-corrected chi connectivity index (χ2v) is 10.3. The Morgan fingerprint density at radius 2 is 1.97 bits per heavy atom. The summed E-state index contributed by atoms with van der Waals surface area (Å²) in [5.74, 6) is 0.639. The van der Waals surface area contributed by atoms with E-state index < -0.39 is 6.17 Å². The van der Waals surface area contributed by atoms with Gasteiger partial charge in [0.1, 0.15) is 17.7 Å². The number of nitrogens with one attached hydrogen (secondary N) is 2. The van der Waals surface area contributed by atoms with Crippen molar-refractivity contribution in [2.24, 2.45) is 10.9 Å². The molecule has 8 nitrogen and oxygen atoms in total. The molecule has 208 valence electrons. The van der Waals surface area contributed by atoms with Gasteiger partial charge < -0.3 is 24.8 Å². The summed E-state index contributed by atoms with van der Waals surface area (Å²) >= 11 is 0. The number of alkyl halides is 1. The van der Waals surface area contributed by atoms with Crippen LogP contribution in [-0.2, 0) is 9.53 Å². The topological polar surface area (TPSA) is 84.3 Å². The molecule has 2 rings (SSSR count). The number of carbonyl (C=O) groups is 1. The highest BCUT2D eigenvalue weighted by Crippen LogP contribution is 2.31. The maximum atomic E-state index is 14.7. The number of likely N-dealkylation sites (N-methyl/N-ethyl adjacent to an activating group) is 1. The molecule has 0 radical (unpaired) electrons. The smallest absolute Gasteiger partial charge is 0.271 e. The number of hydrogen-bond donors (Lipinski definition) is 2. The van der Waals surface area contributed by atoms with Gasteiger partial charge in [-0.25, -0.2) is 4.39 Å². The van der Waals surface area contributed by atoms with E-state index in [9.17, 15) is 9.18 Å². The molecule has 0 bridgehead atoms. The van der Waals surface area contributed by atoms with Crippen molar-refractivity contribution in [3.8, 4) is 0 Å². The van der Waals surface area contributed by atoms with Gasteiger partial charge in [-0.05, 0) is 51.9 Å². The first-order chi connectivity index (χ1) is 17.5. The molecule has 2 aliphatic rings. The van der Waals surface area contributed by atoms with Gasteiger partial charge in [-0.15, -0.1) is 0 Å². The molecule has 0 saturated carbocycles. The fraction of sp³-hybridized carbons (Fsp3) is 0.679. The molecule has 9 heteroatoms. The van der Waals surface area contributed by atoms with Gasteiger partial charge in [0.25, 0.3) is 5.91 Å². The predicted molar refractivity (Wildman–Crippen MR) is 150 cm³/mol. The molecule has 0 aromatic heterocycles. The lowest BCUT2D eigenvalue weighted by Crippen LogP contribution is -2.41. The molecule has 4 atom stereocenters. The molecule has 0 aliphatic carbocycles. The number of halogens is 1. The van der Waals surface area contributed by atoms with Gasteiger partial charge >= 0.3 is 0 Å². The van der Waals surface area contributed by atoms with Crippen molar-refractivity contribution in [3.63, 3.8) is 0 Å². The Morgan fingerprint density at radius 1 is 1.27 bits per heavy atom. The predicted octanol–water partition coefficient (Wildman–Crippen LogP) is 3.63. The lowest BCUT2D eigenvalue weighted by Gasteiger charge is -2.33. The minimum absolute atomic E-state index is 0.0175. The Labute approximate surface area is 222 Å². The highest BCUT2D eigenvalue weighted by Gasteiger charge is 2.32. The third-order valence-corrected chi connectivity index (χ3v) is 7.09. The zero-order chi connectivity index (χ0) is 27.7. The largest absolute Gasteiger partial charge is 0.391 e. The van der Waals surface area contributed by atoms with Crippen LogP contribution in [0.25, 0.3) is 0 Å². The molecule has 0 aromatic carbocycles. The SMILES string of the molecule is CCC(F)CC(OCC/C(C(=N)C(=O)N(C)C)=C(\C)NC)C(CC)C1=CN2C(=NCC2CN(C)C)C=C1. The van der Waals surface area contributed by atoms with Gasteiger partial charge in [0.15, 0.2) is 0 Å². The van der Waals surface area contributed by atoms with E-state index in [4.69, 9.17) is 10.1 Å². The van der Waals surface area contributed by atoms with Gasteiger partial charge in [0, 0.05) is 57.5 Å². The quantitative estimate of drug-likeness (QED) is 0.324. The van der Waals surface area contributed by atoms with Gasteiger partial charge in [0.2, 0.25) is 0 Å². The van der Waals surface area contributed by atoms with Gasteiger partial charge in [-0.3, -0.25) is 15.2 Å². The van der Waals surface area contributed by atoms with Crippen molar-refractivity contribution >= 4 is 17.5 Å². The second kappa shape index (κ2) is 14.4. The number of amides is 1. The summed E-state index contributed by atoms with van der Waals surface area (Å²) in [5, 5.41) is 11.5. The molecule has 2 N–H and O–H groups in total. The minimum atomic E-state index is -0.958. The maximum Gasteiger partial charge on any atom is 0.271 e. The summed E-state index contributed by atoms with van der Waals surface area (Å²) in [5.41, 5.74) is 2.45. The first-order valence-corrected chi connectivity index (χ1v) is 13.3. The Balaban J connectivity index is 2.23. The third kappa shape index (κ3) is 8.23. The van der Waals surface area contributed by atoms with Crippen LogP contribution in [0.1, 0.15) is 46.5 Å². The van der Waals surface area contributed by atoms with E-state index in [0.29, 0.717) is 31.4 Å². The standard InChI is InChI=1S/C28H47FN6O2/c1-9-21(29)15-25(37-14-13-24(19(3)31-4)27(30)28(36)34(7)8)23(10-2)20-11-12-26-32-16-22(18-33(5)6)35(26)17-20/h11-12,17,21-23,25,30-31H,9-10,13-16,18H2,1-8H3/b24-19-,30-27?. The zero-order valence-electron chi connectivity index (χ0n) is 24.0. The molecular formula is C28H47FN6O2. The molecule has 2 aliphatic heterocycles. The van der Waals surface area contributed by atoms with Crippen LogP contribution in [-0.4, -0.2) is 105 Å². The zero-order valence-corrected chi connectivity index (χ0v) is 24.0. The fourth-order valence-corrected chi connectivity index (χ4v) is 4.82. The summed E-state index contributed by atoms with van der Waals surface area (Å²) in [7, 11) is 9.18. The average Bonchev–Trinajstić information content (AvgIpc) is 3.26. The number of ether oxygens (including phenoxy) is 1. The summed E-state index contributed by atoms with van der Waals surface area (Å²) < 4.78 is 21.1. The van der Waals surface area contributed by atoms with Gasteiger partial charge in [-0.1, -0.05) is 19.9 Å². The van der Waals surface area contributed by atoms with E-state index in [2.05, 4.69) is 59.5 Å². The maximum absolute atomic E-state index is 14.7. The molecular weight excluding hydrogens is 471 g/mol. The van der Waals surface area contributed by atoms with Crippen LogP contribution in [0.5, 0.6) is 0 Å². The number of amidine groups is 1. The Bertz CT molecular complexity index is 924. The molecule has 0 spiro atoms. The lowest BCUT2D eigenvalue weighted by atomic mass is 9.86. The highest BCUT2D eigenvalue weighted by molar-refractivity contribution is 6.43. The van der Waals surface area contributed by atoms with Crippen LogP contribution in [0.2, 0.25) is 0 Å². The molecule has 37 heavy (non-hydrogen) atoms. The van der Waals surface area contributed by atoms with Crippen LogP contribution >= 0.6 is 0 Å². The monoisotopic (exact) mass is 518 g/mol. The van der Waals surface area contributed by atoms with Crippen molar-refractivity contribution in [1.29, 1.82) is 5.41 Å². The normalized spacial score (nSPS) is 20.1. The van der Waals surface area contributed by atoms with E-state index in [0.717, 1.165) is 36.6 Å². The second-order valence-electron chi connectivity index (χ2n) is 10.3. The molecule has 0 fully saturated rings. The first-order valence-electron chi connectivity index (χ1n) is 13.3. The van der Waals surface area contributed by atoms with Crippen molar-refractivity contribution in [2.75, 3.05) is 54.9 Å². The number of rotatable bonds is 15. The van der Waals surface area contributed by atoms with E-state index in [1.54, 1.807) is 21.1 Å². The van der Waals surface area contributed by atoms with Crippen LogP contribution in [0.15, 0.2) is 40.2 Å². The Morgan fingerprint density at radius 3 is 2.54 bits per heavy atom. The van der Waals surface area contributed by atoms with Crippen LogP contribution in [0.4, 0.5) is 4.39 Å². The molecule has 4 unspecified atom stereocenters. The summed E-state index contributed by atoms with van der Waals surface area (Å²) in [6.07, 6.45) is 6.99. The van der Waals surface area contributed by atoms with E-state index in [-0.39, 0.29) is 29.7 Å². The number of aliphatic imine (C=N–C) groups is 1.